The molecule has 6 nitrogen and oxygen atoms in total. The molecule has 1 amide bonds. The Bertz CT molecular complexity index is 694. The number of ether oxygens (including phenoxy) is 1. The van der Waals surface area contributed by atoms with Crippen LogP contribution in [0.5, 0.6) is 11.5 Å². The zero-order chi connectivity index (χ0) is 15.4. The Hall–Kier alpha value is -2.28. The summed E-state index contributed by atoms with van der Waals surface area (Å²) < 4.78 is 10.7. The number of carbonyl (C=O) groups is 1. The molecule has 0 saturated heterocycles. The molecule has 1 aromatic carbocycles. The van der Waals surface area contributed by atoms with Gasteiger partial charge in [0.25, 0.3) is 0 Å². The summed E-state index contributed by atoms with van der Waals surface area (Å²) in [5.41, 5.74) is 2.71. The number of aryl methyl sites for hydroxylation is 1. The predicted molar refractivity (Wildman–Crippen MR) is 80.9 cm³/mol. The molecule has 0 aliphatic carbocycles. The summed E-state index contributed by atoms with van der Waals surface area (Å²) in [7, 11) is 1.51. The van der Waals surface area contributed by atoms with Crippen LogP contribution in [0, 0.1) is 6.92 Å². The highest BCUT2D eigenvalue weighted by Gasteiger charge is 2.09. The van der Waals surface area contributed by atoms with Crippen molar-refractivity contribution in [1.29, 1.82) is 0 Å². The molecule has 0 aliphatic heterocycles. The standard InChI is InChI=1S/C14H13BrN2O4/c1-8-3-4-12(21-8)14(19)17-16-7-9-5-10(20-2)6-11(15)13(9)18/h3-7,18H,1-2H3,(H,17,19)/b16-7-. The number of halogens is 1. The number of methoxy groups -OCH3 is 1. The lowest BCUT2D eigenvalue weighted by Crippen LogP contribution is -2.16. The molecule has 1 aromatic heterocycles. The van der Waals surface area contributed by atoms with Crippen molar-refractivity contribution >= 4 is 28.1 Å². The van der Waals surface area contributed by atoms with Gasteiger partial charge in [0.05, 0.1) is 17.8 Å². The van der Waals surface area contributed by atoms with Gasteiger partial charge in [0, 0.05) is 5.56 Å². The molecule has 0 spiro atoms. The largest absolute Gasteiger partial charge is 0.506 e. The number of carbonyl (C=O) groups excluding carboxylic acids is 1. The monoisotopic (exact) mass is 352 g/mol. The van der Waals surface area contributed by atoms with Crippen LogP contribution >= 0.6 is 15.9 Å². The number of aromatic hydroxyl groups is 1. The zero-order valence-corrected chi connectivity index (χ0v) is 13.0. The SMILES string of the molecule is COc1cc(Br)c(O)c(/C=N\NC(=O)c2ccc(C)o2)c1. The molecule has 0 bridgehead atoms. The molecule has 2 rings (SSSR count). The van der Waals surface area contributed by atoms with E-state index in [1.165, 1.54) is 13.3 Å². The summed E-state index contributed by atoms with van der Waals surface area (Å²) in [6, 6.07) is 6.45. The van der Waals surface area contributed by atoms with Crippen molar-refractivity contribution in [1.82, 2.24) is 5.43 Å². The van der Waals surface area contributed by atoms with E-state index < -0.39 is 5.91 Å². The fourth-order valence-corrected chi connectivity index (χ4v) is 2.04. The van der Waals surface area contributed by atoms with Crippen LogP contribution in [0.4, 0.5) is 0 Å². The van der Waals surface area contributed by atoms with Crippen molar-refractivity contribution in [3.05, 3.63) is 45.8 Å². The number of phenols is 1. The van der Waals surface area contributed by atoms with Crippen molar-refractivity contribution in [3.8, 4) is 11.5 Å². The number of hydrogen-bond donors (Lipinski definition) is 2. The fourth-order valence-electron chi connectivity index (χ4n) is 1.58. The third-order valence-corrected chi connectivity index (χ3v) is 3.24. The highest BCUT2D eigenvalue weighted by Crippen LogP contribution is 2.31. The third-order valence-electron chi connectivity index (χ3n) is 2.64. The van der Waals surface area contributed by atoms with Crippen molar-refractivity contribution in [2.75, 3.05) is 7.11 Å². The first-order chi connectivity index (χ1) is 10.0. The van der Waals surface area contributed by atoms with Crippen LogP contribution in [0.15, 0.2) is 38.3 Å². The van der Waals surface area contributed by atoms with E-state index in [0.717, 1.165) is 0 Å². The second kappa shape index (κ2) is 6.45. The van der Waals surface area contributed by atoms with Gasteiger partial charge in [0.1, 0.15) is 17.3 Å². The second-order valence-electron chi connectivity index (χ2n) is 4.16. The number of nitrogens with one attached hydrogen (secondary N) is 1. The minimum atomic E-state index is -0.471. The first-order valence-corrected chi connectivity index (χ1v) is 6.77. The van der Waals surface area contributed by atoms with E-state index in [1.807, 2.05) is 0 Å². The lowest BCUT2D eigenvalue weighted by atomic mass is 10.2. The van der Waals surface area contributed by atoms with E-state index in [2.05, 4.69) is 26.5 Å². The molecule has 0 fully saturated rings. The molecule has 2 N–H and O–H groups in total. The Labute approximate surface area is 129 Å². The van der Waals surface area contributed by atoms with Crippen LogP contribution in [0.2, 0.25) is 0 Å². The molecule has 7 heteroatoms. The van der Waals surface area contributed by atoms with Gasteiger partial charge in [-0.2, -0.15) is 5.10 Å². The number of hydrazone groups is 1. The maximum Gasteiger partial charge on any atom is 0.307 e. The highest BCUT2D eigenvalue weighted by molar-refractivity contribution is 9.10. The molecule has 2 aromatic rings. The summed E-state index contributed by atoms with van der Waals surface area (Å²) >= 11 is 3.20. The van der Waals surface area contributed by atoms with Crippen LogP contribution in [0.25, 0.3) is 0 Å². The number of furan rings is 1. The van der Waals surface area contributed by atoms with Crippen LogP contribution in [-0.2, 0) is 0 Å². The van der Waals surface area contributed by atoms with E-state index in [9.17, 15) is 9.90 Å². The van der Waals surface area contributed by atoms with E-state index in [1.54, 1.807) is 31.2 Å². The molecule has 21 heavy (non-hydrogen) atoms. The highest BCUT2D eigenvalue weighted by atomic mass is 79.9. The molecule has 110 valence electrons. The van der Waals surface area contributed by atoms with Crippen LogP contribution in [-0.4, -0.2) is 24.3 Å². The minimum absolute atomic E-state index is 0.00245. The number of hydrogen-bond acceptors (Lipinski definition) is 5. The van der Waals surface area contributed by atoms with E-state index in [4.69, 9.17) is 9.15 Å². The fraction of sp³-hybridized carbons (Fsp3) is 0.143. The first-order valence-electron chi connectivity index (χ1n) is 5.97. The Morgan fingerprint density at radius 1 is 1.48 bits per heavy atom. The van der Waals surface area contributed by atoms with Gasteiger partial charge in [-0.3, -0.25) is 4.79 Å². The third kappa shape index (κ3) is 3.63. The van der Waals surface area contributed by atoms with E-state index in [0.29, 0.717) is 21.5 Å². The number of benzene rings is 1. The van der Waals surface area contributed by atoms with Gasteiger partial charge in [-0.25, -0.2) is 5.43 Å². The number of nitrogens with zero attached hydrogens (tertiary/aromatic N) is 1. The Balaban J connectivity index is 2.11. The zero-order valence-electron chi connectivity index (χ0n) is 11.4. The molecule has 0 atom stereocenters. The molecule has 0 unspecified atom stereocenters. The van der Waals surface area contributed by atoms with Crippen LogP contribution < -0.4 is 10.2 Å². The van der Waals surface area contributed by atoms with Gasteiger partial charge in [-0.15, -0.1) is 0 Å². The predicted octanol–water partition coefficient (Wildman–Crippen LogP) is 2.83. The van der Waals surface area contributed by atoms with Crippen molar-refractivity contribution < 1.29 is 19.1 Å². The van der Waals surface area contributed by atoms with Crippen molar-refractivity contribution in [2.45, 2.75) is 6.92 Å². The Morgan fingerprint density at radius 3 is 2.86 bits per heavy atom. The van der Waals surface area contributed by atoms with E-state index in [-0.39, 0.29) is 11.5 Å². The minimum Gasteiger partial charge on any atom is -0.506 e. The average molecular weight is 353 g/mol. The molecular formula is C14H13BrN2O4. The van der Waals surface area contributed by atoms with Gasteiger partial charge in [-0.05, 0) is 47.1 Å². The first kappa shape index (κ1) is 15.1. The molecular weight excluding hydrogens is 340 g/mol. The van der Waals surface area contributed by atoms with Gasteiger partial charge >= 0.3 is 5.91 Å². The second-order valence-corrected chi connectivity index (χ2v) is 5.01. The van der Waals surface area contributed by atoms with Crippen molar-refractivity contribution in [2.24, 2.45) is 5.10 Å². The molecule has 0 radical (unpaired) electrons. The van der Waals surface area contributed by atoms with Gasteiger partial charge in [0.15, 0.2) is 5.76 Å². The van der Waals surface area contributed by atoms with E-state index >= 15 is 0 Å². The van der Waals surface area contributed by atoms with Gasteiger partial charge in [0.2, 0.25) is 0 Å². The maximum absolute atomic E-state index is 11.7. The van der Waals surface area contributed by atoms with Crippen LogP contribution in [0.3, 0.4) is 0 Å². The van der Waals surface area contributed by atoms with Crippen molar-refractivity contribution in [3.63, 3.8) is 0 Å². The Morgan fingerprint density at radius 2 is 2.24 bits per heavy atom. The quantitative estimate of drug-likeness (QED) is 0.654. The number of amides is 1. The molecule has 0 aliphatic rings. The normalized spacial score (nSPS) is 10.8. The average Bonchev–Trinajstić information content (AvgIpc) is 2.89. The summed E-state index contributed by atoms with van der Waals surface area (Å²) in [6.07, 6.45) is 1.32. The topological polar surface area (TPSA) is 84.1 Å². The summed E-state index contributed by atoms with van der Waals surface area (Å²) in [5.74, 6) is 0.886. The van der Waals surface area contributed by atoms with Gasteiger partial charge in [-0.1, -0.05) is 0 Å². The maximum atomic E-state index is 11.7. The van der Waals surface area contributed by atoms with Crippen LogP contribution in [0.1, 0.15) is 21.9 Å². The smallest absolute Gasteiger partial charge is 0.307 e. The van der Waals surface area contributed by atoms with Gasteiger partial charge < -0.3 is 14.3 Å². The molecule has 1 heterocycles. The lowest BCUT2D eigenvalue weighted by molar-refractivity contribution is 0.0926. The summed E-state index contributed by atoms with van der Waals surface area (Å²) in [4.78, 5) is 11.7. The summed E-state index contributed by atoms with van der Waals surface area (Å²) in [6.45, 7) is 1.74. The number of rotatable bonds is 4. The lowest BCUT2D eigenvalue weighted by Gasteiger charge is -2.05. The number of phenolic OH excluding ortho intramolecular Hbond substituents is 1. The summed E-state index contributed by atoms with van der Waals surface area (Å²) in [5, 5.41) is 13.7. The Kier molecular flexibility index (Phi) is 4.64. The molecule has 0 saturated carbocycles.